The molecule has 1 aliphatic rings. The van der Waals surface area contributed by atoms with Crippen molar-refractivity contribution in [2.45, 2.75) is 31.3 Å². The minimum Gasteiger partial charge on any atom is -0.481 e. The van der Waals surface area contributed by atoms with Crippen molar-refractivity contribution in [1.82, 2.24) is 15.2 Å². The molecular weight excluding hydrogens is 348 g/mol. The number of benzene rings is 1. The van der Waals surface area contributed by atoms with Gasteiger partial charge in [0.1, 0.15) is 11.7 Å². The molecule has 27 heavy (non-hydrogen) atoms. The number of aromatic nitrogens is 1. The van der Waals surface area contributed by atoms with Gasteiger partial charge in [0.05, 0.1) is 5.92 Å². The van der Waals surface area contributed by atoms with Crippen LogP contribution in [0.15, 0.2) is 30.3 Å². The van der Waals surface area contributed by atoms with E-state index in [9.17, 15) is 14.4 Å². The van der Waals surface area contributed by atoms with Crippen molar-refractivity contribution in [3.8, 4) is 0 Å². The zero-order valence-electron chi connectivity index (χ0n) is 15.1. The molecule has 1 aliphatic carbocycles. The Morgan fingerprint density at radius 2 is 2.07 bits per heavy atom. The molecule has 0 saturated heterocycles. The summed E-state index contributed by atoms with van der Waals surface area (Å²) in [6.45, 7) is 0.398. The molecule has 144 valence electrons. The summed E-state index contributed by atoms with van der Waals surface area (Å²) >= 11 is 0. The second-order valence-corrected chi connectivity index (χ2v) is 6.90. The molecule has 0 spiro atoms. The zero-order valence-corrected chi connectivity index (χ0v) is 15.1. The van der Waals surface area contributed by atoms with Crippen LogP contribution >= 0.6 is 0 Å². The maximum Gasteiger partial charge on any atom is 0.308 e. The van der Waals surface area contributed by atoms with Crippen molar-refractivity contribution in [1.29, 1.82) is 0 Å². The van der Waals surface area contributed by atoms with Gasteiger partial charge in [-0.05, 0) is 37.9 Å². The quantitative estimate of drug-likeness (QED) is 0.540. The van der Waals surface area contributed by atoms with Gasteiger partial charge < -0.3 is 26.0 Å². The highest BCUT2D eigenvalue weighted by atomic mass is 16.4. The molecule has 3 unspecified atom stereocenters. The van der Waals surface area contributed by atoms with Crippen LogP contribution in [0.25, 0.3) is 10.9 Å². The first-order valence-corrected chi connectivity index (χ1v) is 9.01. The first-order valence-electron chi connectivity index (χ1n) is 9.01. The SMILES string of the molecule is Cn1c(C(=O)NC(CCCN)C(=O)NC2CC2C(=O)O)cc2ccccc21. The molecule has 1 saturated carbocycles. The summed E-state index contributed by atoms with van der Waals surface area (Å²) in [5.74, 6) is -2.18. The van der Waals surface area contributed by atoms with E-state index in [1.165, 1.54) is 0 Å². The zero-order chi connectivity index (χ0) is 19.6. The number of para-hydroxylation sites is 1. The predicted molar refractivity (Wildman–Crippen MR) is 100 cm³/mol. The highest BCUT2D eigenvalue weighted by Gasteiger charge is 2.45. The van der Waals surface area contributed by atoms with Crippen LogP contribution in [0.4, 0.5) is 0 Å². The third kappa shape index (κ3) is 4.11. The van der Waals surface area contributed by atoms with Crippen LogP contribution in [0.2, 0.25) is 0 Å². The highest BCUT2D eigenvalue weighted by molar-refractivity contribution is 6.00. The first-order chi connectivity index (χ1) is 12.9. The number of aryl methyl sites for hydroxylation is 1. The van der Waals surface area contributed by atoms with Gasteiger partial charge in [0.2, 0.25) is 5.91 Å². The van der Waals surface area contributed by atoms with E-state index in [1.807, 2.05) is 24.3 Å². The summed E-state index contributed by atoms with van der Waals surface area (Å²) in [4.78, 5) is 36.2. The Morgan fingerprint density at radius 3 is 2.70 bits per heavy atom. The number of rotatable bonds is 8. The average molecular weight is 372 g/mol. The molecule has 8 heteroatoms. The van der Waals surface area contributed by atoms with Crippen molar-refractivity contribution >= 4 is 28.7 Å². The van der Waals surface area contributed by atoms with Gasteiger partial charge in [0.25, 0.3) is 5.91 Å². The first kappa shape index (κ1) is 18.9. The van der Waals surface area contributed by atoms with Gasteiger partial charge in [0, 0.05) is 24.0 Å². The molecule has 3 rings (SSSR count). The Labute approximate surface area is 156 Å². The van der Waals surface area contributed by atoms with Gasteiger partial charge in [-0.3, -0.25) is 14.4 Å². The average Bonchev–Trinajstić information content (AvgIpc) is 3.34. The van der Waals surface area contributed by atoms with Gasteiger partial charge in [0.15, 0.2) is 0 Å². The van der Waals surface area contributed by atoms with Crippen LogP contribution in [0.3, 0.4) is 0 Å². The van der Waals surface area contributed by atoms with Crippen molar-refractivity contribution in [3.05, 3.63) is 36.0 Å². The number of hydrogen-bond acceptors (Lipinski definition) is 4. The van der Waals surface area contributed by atoms with E-state index in [1.54, 1.807) is 17.7 Å². The summed E-state index contributed by atoms with van der Waals surface area (Å²) in [6.07, 6.45) is 1.38. The van der Waals surface area contributed by atoms with Gasteiger partial charge in [-0.2, -0.15) is 0 Å². The van der Waals surface area contributed by atoms with Crippen LogP contribution < -0.4 is 16.4 Å². The molecule has 2 amide bonds. The third-order valence-electron chi connectivity index (χ3n) is 4.94. The van der Waals surface area contributed by atoms with Crippen LogP contribution in [0, 0.1) is 5.92 Å². The van der Waals surface area contributed by atoms with E-state index in [2.05, 4.69) is 10.6 Å². The number of carboxylic acids is 1. The molecule has 1 aromatic carbocycles. The minimum atomic E-state index is -0.918. The summed E-state index contributed by atoms with van der Waals surface area (Å²) in [7, 11) is 1.80. The van der Waals surface area contributed by atoms with Gasteiger partial charge in [-0.1, -0.05) is 18.2 Å². The van der Waals surface area contributed by atoms with Crippen molar-refractivity contribution in [2.24, 2.45) is 18.7 Å². The number of nitrogens with zero attached hydrogens (tertiary/aromatic N) is 1. The summed E-state index contributed by atoms with van der Waals surface area (Å²) in [5.41, 5.74) is 6.92. The van der Waals surface area contributed by atoms with Gasteiger partial charge in [-0.25, -0.2) is 0 Å². The summed E-state index contributed by atoms with van der Waals surface area (Å²) in [5, 5.41) is 15.4. The molecular formula is C19H24N4O4. The lowest BCUT2D eigenvalue weighted by molar-refractivity contribution is -0.138. The maximum absolute atomic E-state index is 12.7. The molecule has 1 fully saturated rings. The molecule has 3 atom stereocenters. The number of carbonyl (C=O) groups is 3. The number of hydrogen-bond donors (Lipinski definition) is 4. The Balaban J connectivity index is 1.71. The minimum absolute atomic E-state index is 0.351. The molecule has 1 aromatic heterocycles. The van der Waals surface area contributed by atoms with E-state index in [4.69, 9.17) is 10.8 Å². The van der Waals surface area contributed by atoms with Crippen LogP contribution in [0.5, 0.6) is 0 Å². The Kier molecular flexibility index (Phi) is 5.46. The fourth-order valence-corrected chi connectivity index (χ4v) is 3.24. The number of carbonyl (C=O) groups excluding carboxylic acids is 2. The lowest BCUT2D eigenvalue weighted by Crippen LogP contribution is -2.48. The fraction of sp³-hybridized carbons (Fsp3) is 0.421. The lowest BCUT2D eigenvalue weighted by Gasteiger charge is -2.18. The Morgan fingerprint density at radius 1 is 1.33 bits per heavy atom. The monoisotopic (exact) mass is 372 g/mol. The number of amides is 2. The lowest BCUT2D eigenvalue weighted by atomic mass is 10.1. The third-order valence-corrected chi connectivity index (χ3v) is 4.94. The smallest absolute Gasteiger partial charge is 0.308 e. The number of aliphatic carboxylic acids is 1. The van der Waals surface area contributed by atoms with E-state index < -0.39 is 17.9 Å². The van der Waals surface area contributed by atoms with E-state index in [-0.39, 0.29) is 17.9 Å². The summed E-state index contributed by atoms with van der Waals surface area (Å²) in [6, 6.07) is 8.29. The maximum atomic E-state index is 12.7. The Hall–Kier alpha value is -2.87. The van der Waals surface area contributed by atoms with Gasteiger partial charge in [-0.15, -0.1) is 0 Å². The molecule has 0 bridgehead atoms. The molecule has 2 aromatic rings. The molecule has 1 heterocycles. The number of nitrogens with two attached hydrogens (primary N) is 1. The molecule has 5 N–H and O–H groups in total. The number of carboxylic acid groups (broad SMARTS) is 1. The normalized spacial score (nSPS) is 19.5. The highest BCUT2D eigenvalue weighted by Crippen LogP contribution is 2.30. The van der Waals surface area contributed by atoms with E-state index in [0.717, 1.165) is 10.9 Å². The molecule has 0 radical (unpaired) electrons. The molecule has 8 nitrogen and oxygen atoms in total. The van der Waals surface area contributed by atoms with Crippen molar-refractivity contribution in [2.75, 3.05) is 6.54 Å². The second kappa shape index (κ2) is 7.79. The molecule has 0 aliphatic heterocycles. The van der Waals surface area contributed by atoms with Crippen molar-refractivity contribution < 1.29 is 19.5 Å². The van der Waals surface area contributed by atoms with E-state index in [0.29, 0.717) is 31.5 Å². The number of nitrogens with one attached hydrogen (secondary N) is 2. The second-order valence-electron chi connectivity index (χ2n) is 6.90. The number of fused-ring (bicyclic) bond motifs is 1. The van der Waals surface area contributed by atoms with Crippen LogP contribution in [-0.4, -0.2) is 46.1 Å². The van der Waals surface area contributed by atoms with E-state index >= 15 is 0 Å². The van der Waals surface area contributed by atoms with Crippen LogP contribution in [-0.2, 0) is 16.6 Å². The largest absolute Gasteiger partial charge is 0.481 e. The fourth-order valence-electron chi connectivity index (χ4n) is 3.24. The predicted octanol–water partition coefficient (Wildman–Crippen LogP) is 0.605. The Bertz CT molecular complexity index is 876. The van der Waals surface area contributed by atoms with Gasteiger partial charge >= 0.3 is 5.97 Å². The van der Waals surface area contributed by atoms with Crippen molar-refractivity contribution in [3.63, 3.8) is 0 Å². The standard InChI is InChI=1S/C19H24N4O4/c1-23-15-7-3-2-5-11(15)9-16(23)18(25)21-13(6-4-8-20)17(24)22-14-10-12(14)19(26)27/h2-3,5,7,9,12-14H,4,6,8,10,20H2,1H3,(H,21,25)(H,22,24)(H,26,27). The topological polar surface area (TPSA) is 126 Å². The van der Waals surface area contributed by atoms with Crippen LogP contribution in [0.1, 0.15) is 29.8 Å². The summed E-state index contributed by atoms with van der Waals surface area (Å²) < 4.78 is 1.78.